The van der Waals surface area contributed by atoms with Gasteiger partial charge in [-0.2, -0.15) is 0 Å². The van der Waals surface area contributed by atoms with Crippen LogP contribution in [0.1, 0.15) is 53.4 Å². The van der Waals surface area contributed by atoms with E-state index < -0.39 is 0 Å². The molecule has 0 aromatic carbocycles. The van der Waals surface area contributed by atoms with Crippen LogP contribution < -0.4 is 0 Å². The fourth-order valence-corrected chi connectivity index (χ4v) is 4.74. The predicted molar refractivity (Wildman–Crippen MR) is 89.7 cm³/mol. The highest BCUT2D eigenvalue weighted by molar-refractivity contribution is 4.98. The molecule has 3 heteroatoms. The molecule has 3 fully saturated rings. The summed E-state index contributed by atoms with van der Waals surface area (Å²) in [7, 11) is 0. The van der Waals surface area contributed by atoms with Crippen LogP contribution in [0.4, 0.5) is 0 Å². The van der Waals surface area contributed by atoms with Crippen LogP contribution in [-0.2, 0) is 0 Å². The molecule has 0 aromatic heterocycles. The zero-order valence-electron chi connectivity index (χ0n) is 14.6. The molecule has 1 atom stereocenters. The van der Waals surface area contributed by atoms with Gasteiger partial charge in [-0.25, -0.2) is 0 Å². The monoisotopic (exact) mass is 293 g/mol. The first-order valence-electron chi connectivity index (χ1n) is 9.21. The number of likely N-dealkylation sites (tertiary alicyclic amines) is 3. The summed E-state index contributed by atoms with van der Waals surface area (Å²) < 4.78 is 0. The van der Waals surface area contributed by atoms with Gasteiger partial charge in [-0.15, -0.1) is 0 Å². The molecule has 21 heavy (non-hydrogen) atoms. The molecule has 0 amide bonds. The van der Waals surface area contributed by atoms with Crippen molar-refractivity contribution in [2.75, 3.05) is 39.3 Å². The summed E-state index contributed by atoms with van der Waals surface area (Å²) in [5, 5.41) is 0. The van der Waals surface area contributed by atoms with E-state index in [1.54, 1.807) is 0 Å². The standard InChI is InChI=1S/C18H35N3/c1-15(2)19-10-6-18(7-11-19)8-12-21(14-18)17-5-9-20(13-17)16(3)4/h15-17H,5-14H2,1-4H3. The van der Waals surface area contributed by atoms with Crippen molar-refractivity contribution in [1.82, 2.24) is 14.7 Å². The lowest BCUT2D eigenvalue weighted by molar-refractivity contribution is 0.0818. The van der Waals surface area contributed by atoms with Crippen molar-refractivity contribution in [1.29, 1.82) is 0 Å². The van der Waals surface area contributed by atoms with Crippen molar-refractivity contribution in [2.45, 2.75) is 71.5 Å². The summed E-state index contributed by atoms with van der Waals surface area (Å²) in [4.78, 5) is 8.18. The third-order valence-electron chi connectivity index (χ3n) is 6.50. The number of nitrogens with zero attached hydrogens (tertiary/aromatic N) is 3. The zero-order valence-corrected chi connectivity index (χ0v) is 14.6. The molecule has 1 spiro atoms. The quantitative estimate of drug-likeness (QED) is 0.792. The molecule has 3 heterocycles. The lowest BCUT2D eigenvalue weighted by Crippen LogP contribution is -2.45. The Morgan fingerprint density at radius 3 is 2.00 bits per heavy atom. The van der Waals surface area contributed by atoms with Gasteiger partial charge in [0.15, 0.2) is 0 Å². The lowest BCUT2D eigenvalue weighted by atomic mass is 9.77. The van der Waals surface area contributed by atoms with Crippen LogP contribution in [0.15, 0.2) is 0 Å². The molecular weight excluding hydrogens is 258 g/mol. The van der Waals surface area contributed by atoms with E-state index in [4.69, 9.17) is 0 Å². The van der Waals surface area contributed by atoms with Crippen molar-refractivity contribution in [3.63, 3.8) is 0 Å². The molecule has 122 valence electrons. The average Bonchev–Trinajstić information content (AvgIpc) is 3.06. The summed E-state index contributed by atoms with van der Waals surface area (Å²) in [6.45, 7) is 17.4. The Morgan fingerprint density at radius 2 is 1.43 bits per heavy atom. The van der Waals surface area contributed by atoms with Gasteiger partial charge in [-0.3, -0.25) is 9.80 Å². The van der Waals surface area contributed by atoms with E-state index >= 15 is 0 Å². The summed E-state index contributed by atoms with van der Waals surface area (Å²) in [5.41, 5.74) is 0.663. The van der Waals surface area contributed by atoms with Gasteiger partial charge in [0.25, 0.3) is 0 Å². The van der Waals surface area contributed by atoms with Gasteiger partial charge >= 0.3 is 0 Å². The molecule has 3 saturated heterocycles. The Balaban J connectivity index is 1.52. The normalized spacial score (nSPS) is 32.0. The predicted octanol–water partition coefficient (Wildman–Crippen LogP) is 2.67. The summed E-state index contributed by atoms with van der Waals surface area (Å²) >= 11 is 0. The highest BCUT2D eigenvalue weighted by Crippen LogP contribution is 2.42. The molecule has 3 nitrogen and oxygen atoms in total. The van der Waals surface area contributed by atoms with E-state index in [0.717, 1.165) is 18.1 Å². The third kappa shape index (κ3) is 3.30. The van der Waals surface area contributed by atoms with Crippen LogP contribution in [0, 0.1) is 5.41 Å². The van der Waals surface area contributed by atoms with Crippen LogP contribution in [-0.4, -0.2) is 72.1 Å². The second-order valence-corrected chi connectivity index (χ2v) is 8.38. The van der Waals surface area contributed by atoms with Crippen LogP contribution in [0.2, 0.25) is 0 Å². The first-order chi connectivity index (χ1) is 9.99. The number of hydrogen-bond donors (Lipinski definition) is 0. The van der Waals surface area contributed by atoms with Gasteiger partial charge in [0, 0.05) is 37.8 Å². The van der Waals surface area contributed by atoms with Crippen LogP contribution in [0.25, 0.3) is 0 Å². The molecule has 0 saturated carbocycles. The van der Waals surface area contributed by atoms with E-state index in [1.165, 1.54) is 65.0 Å². The largest absolute Gasteiger partial charge is 0.301 e. The lowest BCUT2D eigenvalue weighted by Gasteiger charge is -2.41. The minimum absolute atomic E-state index is 0.663. The molecular formula is C18H35N3. The Morgan fingerprint density at radius 1 is 0.810 bits per heavy atom. The molecule has 3 rings (SSSR count). The Kier molecular flexibility index (Phi) is 4.63. The van der Waals surface area contributed by atoms with E-state index in [0.29, 0.717) is 5.41 Å². The van der Waals surface area contributed by atoms with Gasteiger partial charge in [0.2, 0.25) is 0 Å². The van der Waals surface area contributed by atoms with Crippen molar-refractivity contribution in [3.05, 3.63) is 0 Å². The summed E-state index contributed by atoms with van der Waals surface area (Å²) in [6, 6.07) is 2.30. The van der Waals surface area contributed by atoms with Crippen molar-refractivity contribution in [3.8, 4) is 0 Å². The fraction of sp³-hybridized carbons (Fsp3) is 1.00. The molecule has 3 aliphatic rings. The molecule has 1 unspecified atom stereocenters. The highest BCUT2D eigenvalue weighted by Gasteiger charge is 2.43. The van der Waals surface area contributed by atoms with Crippen LogP contribution in [0.5, 0.6) is 0 Å². The molecule has 0 radical (unpaired) electrons. The molecule has 0 aromatic rings. The van der Waals surface area contributed by atoms with Crippen molar-refractivity contribution in [2.24, 2.45) is 5.41 Å². The smallest absolute Gasteiger partial charge is 0.0235 e. The average molecular weight is 293 g/mol. The maximum Gasteiger partial charge on any atom is 0.0235 e. The first-order valence-corrected chi connectivity index (χ1v) is 9.21. The topological polar surface area (TPSA) is 9.72 Å². The Hall–Kier alpha value is -0.120. The fourth-order valence-electron chi connectivity index (χ4n) is 4.74. The second-order valence-electron chi connectivity index (χ2n) is 8.38. The zero-order chi connectivity index (χ0) is 15.0. The van der Waals surface area contributed by atoms with E-state index in [2.05, 4.69) is 42.4 Å². The molecule has 0 N–H and O–H groups in total. The Bertz CT molecular complexity index is 344. The van der Waals surface area contributed by atoms with E-state index in [1.807, 2.05) is 0 Å². The van der Waals surface area contributed by atoms with Gasteiger partial charge in [-0.1, -0.05) is 0 Å². The highest BCUT2D eigenvalue weighted by atomic mass is 15.3. The molecule has 0 bridgehead atoms. The maximum atomic E-state index is 2.84. The maximum absolute atomic E-state index is 2.84. The number of rotatable bonds is 3. The van der Waals surface area contributed by atoms with Crippen LogP contribution >= 0.6 is 0 Å². The Labute approximate surface area is 131 Å². The van der Waals surface area contributed by atoms with E-state index in [9.17, 15) is 0 Å². The number of piperidine rings is 1. The first kappa shape index (κ1) is 15.8. The van der Waals surface area contributed by atoms with Gasteiger partial charge in [0.05, 0.1) is 0 Å². The third-order valence-corrected chi connectivity index (χ3v) is 6.50. The second kappa shape index (κ2) is 6.17. The van der Waals surface area contributed by atoms with Crippen molar-refractivity contribution < 1.29 is 0 Å². The number of hydrogen-bond acceptors (Lipinski definition) is 3. The van der Waals surface area contributed by atoms with Crippen molar-refractivity contribution >= 4 is 0 Å². The van der Waals surface area contributed by atoms with Gasteiger partial charge in [-0.05, 0) is 78.4 Å². The summed E-state index contributed by atoms with van der Waals surface area (Å²) in [6.07, 6.45) is 5.72. The SMILES string of the molecule is CC(C)N1CCC2(CC1)CCN(C1CCN(C(C)C)C1)C2. The van der Waals surface area contributed by atoms with E-state index in [-0.39, 0.29) is 0 Å². The minimum Gasteiger partial charge on any atom is -0.301 e. The van der Waals surface area contributed by atoms with Gasteiger partial charge in [0.1, 0.15) is 0 Å². The molecule has 0 aliphatic carbocycles. The minimum atomic E-state index is 0.663. The van der Waals surface area contributed by atoms with Gasteiger partial charge < -0.3 is 4.90 Å². The van der Waals surface area contributed by atoms with Crippen LogP contribution in [0.3, 0.4) is 0 Å². The summed E-state index contributed by atoms with van der Waals surface area (Å²) in [5.74, 6) is 0. The molecule has 3 aliphatic heterocycles.